The first-order valence-corrected chi connectivity index (χ1v) is 5.40. The second kappa shape index (κ2) is 4.60. The fourth-order valence-electron chi connectivity index (χ4n) is 1.48. The fourth-order valence-corrected chi connectivity index (χ4v) is 1.48. The van der Waals surface area contributed by atoms with Crippen molar-refractivity contribution in [2.45, 2.75) is 39.9 Å². The number of hydrogen-bond donors (Lipinski definition) is 1. The number of ether oxygens (including phenoxy) is 2. The highest BCUT2D eigenvalue weighted by molar-refractivity contribution is 4.71. The molecule has 1 heterocycles. The minimum Gasteiger partial charge on any atom is -0.348 e. The maximum Gasteiger partial charge on any atom is 0.166 e. The second-order valence-corrected chi connectivity index (χ2v) is 5.32. The van der Waals surface area contributed by atoms with Crippen LogP contribution in [0.15, 0.2) is 0 Å². The molecule has 1 N–H and O–H groups in total. The molecule has 1 rings (SSSR count). The van der Waals surface area contributed by atoms with E-state index in [1.165, 1.54) is 0 Å². The van der Waals surface area contributed by atoms with Gasteiger partial charge in [0.25, 0.3) is 0 Å². The Balaban J connectivity index is 2.09. The van der Waals surface area contributed by atoms with Gasteiger partial charge in [-0.15, -0.1) is 0 Å². The van der Waals surface area contributed by atoms with Crippen molar-refractivity contribution in [1.82, 2.24) is 5.32 Å². The highest BCUT2D eigenvalue weighted by Gasteiger charge is 2.30. The normalized spacial score (nSPS) is 21.4. The molecule has 14 heavy (non-hydrogen) atoms. The Morgan fingerprint density at radius 2 is 1.79 bits per heavy atom. The summed E-state index contributed by atoms with van der Waals surface area (Å²) in [4.78, 5) is 0. The Kier molecular flexibility index (Phi) is 3.93. The first kappa shape index (κ1) is 12.0. The molecule has 1 aliphatic heterocycles. The number of rotatable bonds is 4. The van der Waals surface area contributed by atoms with Gasteiger partial charge >= 0.3 is 0 Å². The summed E-state index contributed by atoms with van der Waals surface area (Å²) in [5.74, 6) is -0.342. The van der Waals surface area contributed by atoms with Crippen molar-refractivity contribution < 1.29 is 9.47 Å². The topological polar surface area (TPSA) is 30.5 Å². The summed E-state index contributed by atoms with van der Waals surface area (Å²) < 4.78 is 11.0. The Morgan fingerprint density at radius 1 is 1.21 bits per heavy atom. The molecule has 0 aliphatic carbocycles. The SMILES string of the molecule is CC(C)(C)CNCCC1(C)OCCO1. The van der Waals surface area contributed by atoms with Gasteiger partial charge in [0.05, 0.1) is 13.2 Å². The maximum absolute atomic E-state index is 5.51. The molecule has 3 nitrogen and oxygen atoms in total. The van der Waals surface area contributed by atoms with Crippen LogP contribution in [0.4, 0.5) is 0 Å². The maximum atomic E-state index is 5.51. The van der Waals surface area contributed by atoms with Crippen LogP contribution in [0.2, 0.25) is 0 Å². The predicted molar refractivity (Wildman–Crippen MR) is 57.3 cm³/mol. The molecule has 0 unspecified atom stereocenters. The Morgan fingerprint density at radius 3 is 2.29 bits per heavy atom. The van der Waals surface area contributed by atoms with Crippen molar-refractivity contribution in [3.63, 3.8) is 0 Å². The molecule has 0 spiro atoms. The summed E-state index contributed by atoms with van der Waals surface area (Å²) in [7, 11) is 0. The first-order valence-electron chi connectivity index (χ1n) is 5.40. The van der Waals surface area contributed by atoms with Gasteiger partial charge in [0.1, 0.15) is 0 Å². The lowest BCUT2D eigenvalue weighted by atomic mass is 9.97. The summed E-state index contributed by atoms with van der Waals surface area (Å²) >= 11 is 0. The largest absolute Gasteiger partial charge is 0.348 e. The number of nitrogens with one attached hydrogen (secondary N) is 1. The predicted octanol–water partition coefficient (Wildman–Crippen LogP) is 1.78. The van der Waals surface area contributed by atoms with E-state index >= 15 is 0 Å². The van der Waals surface area contributed by atoms with Crippen LogP contribution < -0.4 is 5.32 Å². The standard InChI is InChI=1S/C11H23NO2/c1-10(2,3)9-12-6-5-11(4)13-7-8-14-11/h12H,5-9H2,1-4H3. The second-order valence-electron chi connectivity index (χ2n) is 5.32. The first-order chi connectivity index (χ1) is 6.41. The molecule has 0 bridgehead atoms. The molecule has 1 saturated heterocycles. The van der Waals surface area contributed by atoms with Gasteiger partial charge < -0.3 is 14.8 Å². The molecule has 0 aromatic carbocycles. The van der Waals surface area contributed by atoms with Crippen LogP contribution in [0.3, 0.4) is 0 Å². The average Bonchev–Trinajstić information content (AvgIpc) is 2.45. The van der Waals surface area contributed by atoms with Gasteiger partial charge in [0, 0.05) is 13.0 Å². The van der Waals surface area contributed by atoms with E-state index in [9.17, 15) is 0 Å². The molecule has 3 heteroatoms. The summed E-state index contributed by atoms with van der Waals surface area (Å²) in [6.45, 7) is 12.1. The smallest absolute Gasteiger partial charge is 0.166 e. The molecule has 0 saturated carbocycles. The van der Waals surface area contributed by atoms with E-state index < -0.39 is 0 Å². The van der Waals surface area contributed by atoms with Gasteiger partial charge in [0.2, 0.25) is 0 Å². The van der Waals surface area contributed by atoms with E-state index in [2.05, 4.69) is 26.1 Å². The summed E-state index contributed by atoms with van der Waals surface area (Å²) in [6, 6.07) is 0. The van der Waals surface area contributed by atoms with Crippen molar-refractivity contribution in [2.75, 3.05) is 26.3 Å². The van der Waals surface area contributed by atoms with E-state index in [-0.39, 0.29) is 5.79 Å². The van der Waals surface area contributed by atoms with Crippen LogP contribution in [0.1, 0.15) is 34.1 Å². The number of hydrogen-bond acceptors (Lipinski definition) is 3. The van der Waals surface area contributed by atoms with Crippen molar-refractivity contribution in [3.05, 3.63) is 0 Å². The highest BCUT2D eigenvalue weighted by Crippen LogP contribution is 2.21. The van der Waals surface area contributed by atoms with Gasteiger partial charge in [-0.05, 0) is 18.9 Å². The molecule has 0 radical (unpaired) electrons. The van der Waals surface area contributed by atoms with E-state index in [0.29, 0.717) is 5.41 Å². The highest BCUT2D eigenvalue weighted by atomic mass is 16.7. The Labute approximate surface area is 87.2 Å². The third kappa shape index (κ3) is 4.40. The lowest BCUT2D eigenvalue weighted by Gasteiger charge is -2.24. The molecule has 0 aromatic rings. The van der Waals surface area contributed by atoms with Gasteiger partial charge in [-0.3, -0.25) is 0 Å². The minimum atomic E-state index is -0.342. The van der Waals surface area contributed by atoms with Crippen LogP contribution >= 0.6 is 0 Å². The van der Waals surface area contributed by atoms with Crippen molar-refractivity contribution >= 4 is 0 Å². The van der Waals surface area contributed by atoms with E-state index in [1.807, 2.05) is 6.92 Å². The van der Waals surface area contributed by atoms with Gasteiger partial charge in [-0.25, -0.2) is 0 Å². The van der Waals surface area contributed by atoms with Crippen molar-refractivity contribution in [1.29, 1.82) is 0 Å². The van der Waals surface area contributed by atoms with Crippen LogP contribution in [-0.4, -0.2) is 32.1 Å². The average molecular weight is 201 g/mol. The summed E-state index contributed by atoms with van der Waals surface area (Å²) in [6.07, 6.45) is 0.920. The summed E-state index contributed by atoms with van der Waals surface area (Å²) in [5.41, 5.74) is 0.346. The van der Waals surface area contributed by atoms with Crippen molar-refractivity contribution in [3.8, 4) is 0 Å². The lowest BCUT2D eigenvalue weighted by molar-refractivity contribution is -0.145. The minimum absolute atomic E-state index is 0.342. The zero-order valence-corrected chi connectivity index (χ0v) is 9.85. The van der Waals surface area contributed by atoms with Crippen LogP contribution in [-0.2, 0) is 9.47 Å². The third-order valence-electron chi connectivity index (χ3n) is 2.31. The molecule has 1 fully saturated rings. The lowest BCUT2D eigenvalue weighted by Crippen LogP contribution is -2.34. The van der Waals surface area contributed by atoms with Crippen LogP contribution in [0, 0.1) is 5.41 Å². The van der Waals surface area contributed by atoms with E-state index in [1.54, 1.807) is 0 Å². The van der Waals surface area contributed by atoms with E-state index in [4.69, 9.17) is 9.47 Å². The Hall–Kier alpha value is -0.120. The molecule has 1 aliphatic rings. The third-order valence-corrected chi connectivity index (χ3v) is 2.31. The zero-order chi connectivity index (χ0) is 10.7. The molecular formula is C11H23NO2. The molecule has 0 aromatic heterocycles. The van der Waals surface area contributed by atoms with Crippen LogP contribution in [0.25, 0.3) is 0 Å². The van der Waals surface area contributed by atoms with Crippen molar-refractivity contribution in [2.24, 2.45) is 5.41 Å². The van der Waals surface area contributed by atoms with Crippen LogP contribution in [0.5, 0.6) is 0 Å². The fraction of sp³-hybridized carbons (Fsp3) is 1.00. The zero-order valence-electron chi connectivity index (χ0n) is 9.85. The monoisotopic (exact) mass is 201 g/mol. The van der Waals surface area contributed by atoms with Gasteiger partial charge in [-0.2, -0.15) is 0 Å². The molecule has 0 amide bonds. The summed E-state index contributed by atoms with van der Waals surface area (Å²) in [5, 5.41) is 3.42. The quantitative estimate of drug-likeness (QED) is 0.703. The van der Waals surface area contributed by atoms with Gasteiger partial charge in [0.15, 0.2) is 5.79 Å². The van der Waals surface area contributed by atoms with Gasteiger partial charge in [-0.1, -0.05) is 20.8 Å². The van der Waals surface area contributed by atoms with E-state index in [0.717, 1.165) is 32.7 Å². The molecule has 0 atom stereocenters. The molecular weight excluding hydrogens is 178 g/mol. The Bertz CT molecular complexity index is 169. The molecule has 84 valence electrons.